The number of carbonyl (C=O) groups is 1. The highest BCUT2D eigenvalue weighted by atomic mass is 32.2. The normalized spacial score (nSPS) is 20.4. The van der Waals surface area contributed by atoms with E-state index in [9.17, 15) is 4.79 Å². The van der Waals surface area contributed by atoms with Crippen molar-refractivity contribution in [1.82, 2.24) is 5.32 Å². The number of benzene rings is 1. The van der Waals surface area contributed by atoms with E-state index < -0.39 is 5.54 Å². The molecular formula is C14H18N2OS2. The molecule has 0 radical (unpaired) electrons. The van der Waals surface area contributed by atoms with Crippen LogP contribution in [0.5, 0.6) is 0 Å². The maximum atomic E-state index is 12.3. The Morgan fingerprint density at radius 3 is 2.84 bits per heavy atom. The van der Waals surface area contributed by atoms with Crippen LogP contribution in [0, 0.1) is 0 Å². The van der Waals surface area contributed by atoms with Gasteiger partial charge in [-0.15, -0.1) is 11.8 Å². The van der Waals surface area contributed by atoms with E-state index in [4.69, 9.17) is 18.0 Å². The molecule has 5 heteroatoms. The van der Waals surface area contributed by atoms with Crippen molar-refractivity contribution in [1.29, 1.82) is 0 Å². The first kappa shape index (κ1) is 14.3. The summed E-state index contributed by atoms with van der Waals surface area (Å²) in [4.78, 5) is 13.9. The Hall–Kier alpha value is -1.07. The van der Waals surface area contributed by atoms with Crippen LogP contribution < -0.4 is 11.1 Å². The van der Waals surface area contributed by atoms with Crippen LogP contribution in [0.1, 0.15) is 25.8 Å². The number of rotatable bonds is 4. The van der Waals surface area contributed by atoms with Crippen molar-refractivity contribution in [2.24, 2.45) is 5.73 Å². The summed E-state index contributed by atoms with van der Waals surface area (Å²) in [7, 11) is 0. The van der Waals surface area contributed by atoms with Gasteiger partial charge in [-0.05, 0) is 31.4 Å². The lowest BCUT2D eigenvalue weighted by atomic mass is 9.98. The second-order valence-electron chi connectivity index (χ2n) is 4.96. The van der Waals surface area contributed by atoms with Crippen LogP contribution in [0.25, 0.3) is 0 Å². The zero-order valence-electron chi connectivity index (χ0n) is 11.1. The van der Waals surface area contributed by atoms with Crippen molar-refractivity contribution in [3.8, 4) is 0 Å². The number of hydrogen-bond donors (Lipinski definition) is 2. The fourth-order valence-corrected chi connectivity index (χ4v) is 3.40. The summed E-state index contributed by atoms with van der Waals surface area (Å²) < 4.78 is 0. The minimum Gasteiger partial charge on any atom is -0.391 e. The lowest BCUT2D eigenvalue weighted by Crippen LogP contribution is -2.56. The van der Waals surface area contributed by atoms with E-state index in [0.717, 1.165) is 6.42 Å². The highest BCUT2D eigenvalue weighted by Gasteiger charge is 2.34. The molecule has 0 bridgehead atoms. The number of fused-ring (bicyclic) bond motifs is 1. The summed E-state index contributed by atoms with van der Waals surface area (Å²) in [5.41, 5.74) is 6.36. The van der Waals surface area contributed by atoms with E-state index in [2.05, 4.69) is 17.4 Å². The van der Waals surface area contributed by atoms with Crippen molar-refractivity contribution < 1.29 is 4.79 Å². The Kier molecular flexibility index (Phi) is 4.16. The molecule has 2 atom stereocenters. The molecular weight excluding hydrogens is 276 g/mol. The standard InChI is InChI=1S/C14H18N2OS2/c1-3-14(2,13(15)18)16-12(17)11-8-9-6-4-5-7-10(9)19-11/h4-7,11H,3,8H2,1-2H3,(H2,15,18)(H,16,17). The predicted molar refractivity (Wildman–Crippen MR) is 83.4 cm³/mol. The number of nitrogens with one attached hydrogen (secondary N) is 1. The molecule has 1 aromatic rings. The second-order valence-corrected chi connectivity index (χ2v) is 6.64. The predicted octanol–water partition coefficient (Wildman–Crippen LogP) is 2.27. The topological polar surface area (TPSA) is 55.1 Å². The minimum absolute atomic E-state index is 0.0124. The van der Waals surface area contributed by atoms with Gasteiger partial charge in [0.2, 0.25) is 5.91 Å². The summed E-state index contributed by atoms with van der Waals surface area (Å²) in [6, 6.07) is 8.13. The van der Waals surface area contributed by atoms with Gasteiger partial charge in [-0.25, -0.2) is 0 Å². The second kappa shape index (κ2) is 5.51. The first-order chi connectivity index (χ1) is 8.96. The van der Waals surface area contributed by atoms with Gasteiger partial charge < -0.3 is 11.1 Å². The van der Waals surface area contributed by atoms with Crippen molar-refractivity contribution in [2.75, 3.05) is 0 Å². The summed E-state index contributed by atoms with van der Waals surface area (Å²) >= 11 is 6.66. The van der Waals surface area contributed by atoms with Gasteiger partial charge in [-0.3, -0.25) is 4.79 Å². The number of thiocarbonyl (C=S) groups is 1. The number of hydrogen-bond acceptors (Lipinski definition) is 3. The molecule has 0 aliphatic carbocycles. The third-order valence-electron chi connectivity index (χ3n) is 3.59. The lowest BCUT2D eigenvalue weighted by Gasteiger charge is -2.29. The largest absolute Gasteiger partial charge is 0.391 e. The molecule has 2 unspecified atom stereocenters. The maximum absolute atomic E-state index is 12.3. The number of nitrogens with two attached hydrogens (primary N) is 1. The summed E-state index contributed by atoms with van der Waals surface area (Å²) in [6.07, 6.45) is 1.46. The highest BCUT2D eigenvalue weighted by molar-refractivity contribution is 8.01. The van der Waals surface area contributed by atoms with Crippen LogP contribution in [0.15, 0.2) is 29.2 Å². The third-order valence-corrected chi connectivity index (χ3v) is 5.36. The Balaban J connectivity index is 2.06. The van der Waals surface area contributed by atoms with E-state index in [1.54, 1.807) is 11.8 Å². The van der Waals surface area contributed by atoms with Crippen LogP contribution in [-0.4, -0.2) is 21.7 Å². The Morgan fingerprint density at radius 2 is 2.26 bits per heavy atom. The van der Waals surface area contributed by atoms with Gasteiger partial charge in [0.05, 0.1) is 15.8 Å². The van der Waals surface area contributed by atoms with Gasteiger partial charge in [0.1, 0.15) is 0 Å². The van der Waals surface area contributed by atoms with E-state index in [-0.39, 0.29) is 11.2 Å². The molecule has 0 saturated carbocycles. The van der Waals surface area contributed by atoms with Crippen LogP contribution in [-0.2, 0) is 11.2 Å². The molecule has 1 aliphatic rings. The highest BCUT2D eigenvalue weighted by Crippen LogP contribution is 2.37. The first-order valence-corrected chi connectivity index (χ1v) is 7.61. The third kappa shape index (κ3) is 2.92. The summed E-state index contributed by atoms with van der Waals surface area (Å²) in [5.74, 6) is 0.0124. The van der Waals surface area contributed by atoms with Crippen LogP contribution in [0.4, 0.5) is 0 Å². The van der Waals surface area contributed by atoms with E-state index in [1.165, 1.54) is 10.5 Å². The molecule has 19 heavy (non-hydrogen) atoms. The fraction of sp³-hybridized carbons (Fsp3) is 0.429. The van der Waals surface area contributed by atoms with Crippen molar-refractivity contribution in [3.05, 3.63) is 29.8 Å². The average Bonchev–Trinajstić information content (AvgIpc) is 2.82. The van der Waals surface area contributed by atoms with E-state index in [1.807, 2.05) is 26.0 Å². The van der Waals surface area contributed by atoms with E-state index in [0.29, 0.717) is 11.4 Å². The van der Waals surface area contributed by atoms with Crippen LogP contribution in [0.3, 0.4) is 0 Å². The first-order valence-electron chi connectivity index (χ1n) is 6.33. The van der Waals surface area contributed by atoms with Crippen molar-refractivity contribution in [2.45, 2.75) is 42.4 Å². The minimum atomic E-state index is -0.595. The Labute approximate surface area is 123 Å². The number of thioether (sulfide) groups is 1. The van der Waals surface area contributed by atoms with Gasteiger partial charge in [-0.1, -0.05) is 37.3 Å². The molecule has 2 rings (SSSR count). The van der Waals surface area contributed by atoms with Crippen molar-refractivity contribution in [3.63, 3.8) is 0 Å². The van der Waals surface area contributed by atoms with Gasteiger partial charge in [-0.2, -0.15) is 0 Å². The van der Waals surface area contributed by atoms with Gasteiger partial charge in [0.25, 0.3) is 0 Å². The van der Waals surface area contributed by atoms with Crippen LogP contribution >= 0.6 is 24.0 Å². The molecule has 1 heterocycles. The average molecular weight is 294 g/mol. The summed E-state index contributed by atoms with van der Waals surface area (Å²) in [5, 5.41) is 2.91. The monoisotopic (exact) mass is 294 g/mol. The lowest BCUT2D eigenvalue weighted by molar-refractivity contribution is -0.121. The molecule has 0 aromatic heterocycles. The zero-order valence-corrected chi connectivity index (χ0v) is 12.7. The van der Waals surface area contributed by atoms with Crippen molar-refractivity contribution >= 4 is 34.9 Å². The SMILES string of the molecule is CCC(C)(NC(=O)C1Cc2ccccc2S1)C(N)=S. The molecule has 1 aliphatic heterocycles. The summed E-state index contributed by atoms with van der Waals surface area (Å²) in [6.45, 7) is 3.84. The molecule has 3 N–H and O–H groups in total. The molecule has 1 aromatic carbocycles. The maximum Gasteiger partial charge on any atom is 0.234 e. The Morgan fingerprint density at radius 1 is 1.58 bits per heavy atom. The van der Waals surface area contributed by atoms with Gasteiger partial charge >= 0.3 is 0 Å². The van der Waals surface area contributed by atoms with Gasteiger partial charge in [0, 0.05) is 4.90 Å². The molecule has 0 saturated heterocycles. The molecule has 3 nitrogen and oxygen atoms in total. The number of amides is 1. The molecule has 102 valence electrons. The van der Waals surface area contributed by atoms with E-state index >= 15 is 0 Å². The molecule has 1 amide bonds. The number of carbonyl (C=O) groups excluding carboxylic acids is 1. The quantitative estimate of drug-likeness (QED) is 0.837. The molecule has 0 spiro atoms. The zero-order chi connectivity index (χ0) is 14.0. The molecule has 0 fully saturated rings. The van der Waals surface area contributed by atoms with Crippen LogP contribution in [0.2, 0.25) is 0 Å². The smallest absolute Gasteiger partial charge is 0.234 e. The Bertz CT molecular complexity index is 493. The fourth-order valence-electron chi connectivity index (χ4n) is 2.00. The van der Waals surface area contributed by atoms with Gasteiger partial charge in [0.15, 0.2) is 0 Å².